The predicted molar refractivity (Wildman–Crippen MR) is 119 cm³/mol. The lowest BCUT2D eigenvalue weighted by atomic mass is 10.1. The van der Waals surface area contributed by atoms with Gasteiger partial charge in [-0.05, 0) is 61.5 Å². The molecule has 9 nitrogen and oxygen atoms in total. The number of amides is 2. The minimum atomic E-state index is -3.71. The molecule has 0 spiro atoms. The van der Waals surface area contributed by atoms with Crippen LogP contribution in [0.25, 0.3) is 0 Å². The van der Waals surface area contributed by atoms with Gasteiger partial charge in [-0.15, -0.1) is 0 Å². The number of carbonyl (C=O) groups excluding carboxylic acids is 2. The van der Waals surface area contributed by atoms with Gasteiger partial charge in [-0.2, -0.15) is 0 Å². The second-order valence-corrected chi connectivity index (χ2v) is 8.68. The van der Waals surface area contributed by atoms with Crippen LogP contribution in [-0.4, -0.2) is 40.0 Å². The standard InChI is InChI=1S/C22H23N3O6S/c1-15(14-30-2)25-32(28,29)19-10-8-17(9-11-19)23-21(26)16-5-3-6-18(13-16)24-22(27)20-7-4-12-31-20/h3-13,15,25H,14H2,1-2H3,(H,23,26)(H,24,27). The van der Waals surface area contributed by atoms with Gasteiger partial charge in [0, 0.05) is 30.1 Å². The van der Waals surface area contributed by atoms with Crippen LogP contribution in [-0.2, 0) is 14.8 Å². The molecule has 0 aliphatic carbocycles. The molecule has 2 aromatic carbocycles. The van der Waals surface area contributed by atoms with Crippen LogP contribution in [0.5, 0.6) is 0 Å². The van der Waals surface area contributed by atoms with E-state index in [9.17, 15) is 18.0 Å². The lowest BCUT2D eigenvalue weighted by Gasteiger charge is -2.13. The van der Waals surface area contributed by atoms with Crippen LogP contribution in [0.1, 0.15) is 27.8 Å². The number of benzene rings is 2. The van der Waals surface area contributed by atoms with Gasteiger partial charge >= 0.3 is 0 Å². The number of hydrogen-bond acceptors (Lipinski definition) is 6. The molecule has 3 N–H and O–H groups in total. The first-order valence-electron chi connectivity index (χ1n) is 9.66. The van der Waals surface area contributed by atoms with Crippen molar-refractivity contribution in [1.29, 1.82) is 0 Å². The highest BCUT2D eigenvalue weighted by molar-refractivity contribution is 7.89. The quantitative estimate of drug-likeness (QED) is 0.453. The molecule has 168 valence electrons. The van der Waals surface area contributed by atoms with Crippen LogP contribution >= 0.6 is 0 Å². The van der Waals surface area contributed by atoms with Gasteiger partial charge in [-0.25, -0.2) is 13.1 Å². The summed E-state index contributed by atoms with van der Waals surface area (Å²) in [4.78, 5) is 24.8. The maximum atomic E-state index is 12.6. The van der Waals surface area contributed by atoms with E-state index in [1.807, 2.05) is 0 Å². The zero-order chi connectivity index (χ0) is 23.1. The van der Waals surface area contributed by atoms with Gasteiger partial charge in [0.1, 0.15) is 0 Å². The Morgan fingerprint density at radius 3 is 2.34 bits per heavy atom. The summed E-state index contributed by atoms with van der Waals surface area (Å²) in [6, 6.07) is 14.9. The van der Waals surface area contributed by atoms with Crippen molar-refractivity contribution in [3.63, 3.8) is 0 Å². The number of methoxy groups -OCH3 is 1. The average molecular weight is 458 g/mol. The van der Waals surface area contributed by atoms with Crippen molar-refractivity contribution in [3.8, 4) is 0 Å². The van der Waals surface area contributed by atoms with Crippen LogP contribution in [0.4, 0.5) is 11.4 Å². The van der Waals surface area contributed by atoms with Gasteiger partial charge in [0.25, 0.3) is 11.8 Å². The fourth-order valence-corrected chi connectivity index (χ4v) is 4.10. The zero-order valence-electron chi connectivity index (χ0n) is 17.5. The molecule has 0 saturated heterocycles. The van der Waals surface area contributed by atoms with Gasteiger partial charge in [-0.1, -0.05) is 6.07 Å². The van der Waals surface area contributed by atoms with Crippen LogP contribution in [0.15, 0.2) is 76.2 Å². The molecular formula is C22H23N3O6S. The molecule has 1 aromatic heterocycles. The van der Waals surface area contributed by atoms with E-state index >= 15 is 0 Å². The van der Waals surface area contributed by atoms with Gasteiger partial charge < -0.3 is 19.8 Å². The Kier molecular flexibility index (Phi) is 7.41. The number of rotatable bonds is 9. The molecule has 3 aromatic rings. The summed E-state index contributed by atoms with van der Waals surface area (Å²) in [5, 5.41) is 5.36. The third kappa shape index (κ3) is 6.03. The van der Waals surface area contributed by atoms with Crippen LogP contribution in [0, 0.1) is 0 Å². The molecule has 0 radical (unpaired) electrons. The number of carbonyl (C=O) groups is 2. The third-order valence-electron chi connectivity index (χ3n) is 4.32. The topological polar surface area (TPSA) is 127 Å². The maximum absolute atomic E-state index is 12.6. The minimum Gasteiger partial charge on any atom is -0.459 e. The predicted octanol–water partition coefficient (Wildman–Crippen LogP) is 3.10. The highest BCUT2D eigenvalue weighted by atomic mass is 32.2. The highest BCUT2D eigenvalue weighted by Crippen LogP contribution is 2.17. The van der Waals surface area contributed by atoms with Gasteiger partial charge in [0.15, 0.2) is 5.76 Å². The average Bonchev–Trinajstić information content (AvgIpc) is 3.29. The van der Waals surface area contributed by atoms with Gasteiger partial charge in [0.05, 0.1) is 17.8 Å². The molecule has 0 saturated carbocycles. The number of furan rings is 1. The normalized spacial score (nSPS) is 12.2. The Hall–Kier alpha value is -3.47. The summed E-state index contributed by atoms with van der Waals surface area (Å²) in [6.45, 7) is 1.94. The fraction of sp³-hybridized carbons (Fsp3) is 0.182. The van der Waals surface area contributed by atoms with E-state index < -0.39 is 21.8 Å². The zero-order valence-corrected chi connectivity index (χ0v) is 18.3. The number of ether oxygens (including phenoxy) is 1. The molecule has 1 atom stereocenters. The Labute approximate surface area is 185 Å². The fourth-order valence-electron chi connectivity index (χ4n) is 2.88. The summed E-state index contributed by atoms with van der Waals surface area (Å²) in [5.41, 5.74) is 1.16. The second kappa shape index (κ2) is 10.2. The van der Waals surface area contributed by atoms with Crippen molar-refractivity contribution >= 4 is 33.2 Å². The Morgan fingerprint density at radius 2 is 1.69 bits per heavy atom. The lowest BCUT2D eigenvalue weighted by molar-refractivity contribution is 0.0993. The summed E-state index contributed by atoms with van der Waals surface area (Å²) in [5.74, 6) is -0.694. The molecular weight excluding hydrogens is 434 g/mol. The summed E-state index contributed by atoms with van der Waals surface area (Å²) in [7, 11) is -2.21. The molecule has 1 heterocycles. The molecule has 32 heavy (non-hydrogen) atoms. The first kappa shape index (κ1) is 23.2. The monoisotopic (exact) mass is 457 g/mol. The molecule has 2 amide bonds. The Balaban J connectivity index is 1.65. The van der Waals surface area contributed by atoms with Crippen LogP contribution in [0.3, 0.4) is 0 Å². The molecule has 1 unspecified atom stereocenters. The molecule has 3 rings (SSSR count). The highest BCUT2D eigenvalue weighted by Gasteiger charge is 2.17. The van der Waals surface area contributed by atoms with Crippen molar-refractivity contribution in [2.45, 2.75) is 17.9 Å². The number of nitrogens with one attached hydrogen (secondary N) is 3. The van der Waals surface area contributed by atoms with E-state index in [0.717, 1.165) is 0 Å². The number of anilines is 2. The molecule has 0 aliphatic rings. The van der Waals surface area contributed by atoms with Crippen molar-refractivity contribution < 1.29 is 27.2 Å². The first-order valence-corrected chi connectivity index (χ1v) is 11.1. The Bertz CT molecular complexity index is 1170. The molecule has 0 aliphatic heterocycles. The molecule has 10 heteroatoms. The van der Waals surface area contributed by atoms with E-state index in [2.05, 4.69) is 15.4 Å². The first-order chi connectivity index (χ1) is 15.3. The SMILES string of the molecule is COCC(C)NS(=O)(=O)c1ccc(NC(=O)c2cccc(NC(=O)c3ccco3)c2)cc1. The third-order valence-corrected chi connectivity index (χ3v) is 5.93. The van der Waals surface area contributed by atoms with Crippen LogP contribution in [0.2, 0.25) is 0 Å². The number of sulfonamides is 1. The maximum Gasteiger partial charge on any atom is 0.291 e. The van der Waals surface area contributed by atoms with Gasteiger partial charge in [-0.3, -0.25) is 9.59 Å². The number of hydrogen-bond donors (Lipinski definition) is 3. The van der Waals surface area contributed by atoms with E-state index in [1.165, 1.54) is 49.8 Å². The smallest absolute Gasteiger partial charge is 0.291 e. The van der Waals surface area contributed by atoms with E-state index in [4.69, 9.17) is 9.15 Å². The second-order valence-electron chi connectivity index (χ2n) is 6.97. The minimum absolute atomic E-state index is 0.0705. The Morgan fingerprint density at radius 1 is 0.969 bits per heavy atom. The summed E-state index contributed by atoms with van der Waals surface area (Å²) >= 11 is 0. The van der Waals surface area contributed by atoms with Crippen LogP contribution < -0.4 is 15.4 Å². The van der Waals surface area contributed by atoms with Gasteiger partial charge in [0.2, 0.25) is 10.0 Å². The van der Waals surface area contributed by atoms with Crippen molar-refractivity contribution in [2.24, 2.45) is 0 Å². The van der Waals surface area contributed by atoms with E-state index in [-0.39, 0.29) is 23.3 Å². The largest absolute Gasteiger partial charge is 0.459 e. The van der Waals surface area contributed by atoms with E-state index in [0.29, 0.717) is 16.9 Å². The summed E-state index contributed by atoms with van der Waals surface area (Å²) < 4.78 is 37.3. The summed E-state index contributed by atoms with van der Waals surface area (Å²) in [6.07, 6.45) is 1.39. The van der Waals surface area contributed by atoms with Crippen molar-refractivity contribution in [1.82, 2.24) is 4.72 Å². The lowest BCUT2D eigenvalue weighted by Crippen LogP contribution is -2.35. The van der Waals surface area contributed by atoms with Crippen molar-refractivity contribution in [3.05, 3.63) is 78.3 Å². The van der Waals surface area contributed by atoms with E-state index in [1.54, 1.807) is 31.2 Å². The molecule has 0 fully saturated rings. The molecule has 0 bridgehead atoms. The van der Waals surface area contributed by atoms with Crippen molar-refractivity contribution in [2.75, 3.05) is 24.4 Å².